The van der Waals surface area contributed by atoms with Crippen molar-refractivity contribution in [2.75, 3.05) is 5.75 Å². The number of thioether (sulfide) groups is 1. The number of rotatable bonds is 5. The Labute approximate surface area is 107 Å². The number of pyridine rings is 1. The molecule has 0 fully saturated rings. The van der Waals surface area contributed by atoms with Crippen LogP contribution in [0.15, 0.2) is 39.5 Å². The van der Waals surface area contributed by atoms with Gasteiger partial charge in [-0.3, -0.25) is 0 Å². The number of nitrogens with zero attached hydrogens (tertiary/aromatic N) is 1. The Balaban J connectivity index is 2.59. The molecular formula is C11H12BrNO2S. The van der Waals surface area contributed by atoms with Crippen LogP contribution in [-0.4, -0.2) is 21.8 Å². The van der Waals surface area contributed by atoms with Gasteiger partial charge in [0.25, 0.3) is 0 Å². The first kappa shape index (κ1) is 13.3. The fraction of sp³-hybridized carbons (Fsp3) is 0.273. The predicted molar refractivity (Wildman–Crippen MR) is 68.7 cm³/mol. The van der Waals surface area contributed by atoms with Gasteiger partial charge in [-0.15, -0.1) is 11.8 Å². The molecule has 0 amide bonds. The zero-order valence-corrected chi connectivity index (χ0v) is 11.2. The summed E-state index contributed by atoms with van der Waals surface area (Å²) in [5.74, 6) is -0.228. The summed E-state index contributed by atoms with van der Waals surface area (Å²) in [5.41, 5.74) is 0.444. The molecule has 0 saturated heterocycles. The molecule has 3 nitrogen and oxygen atoms in total. The summed E-state index contributed by atoms with van der Waals surface area (Å²) in [6.07, 6.45) is 3.99. The molecule has 86 valence electrons. The number of carboxylic acids is 1. The van der Waals surface area contributed by atoms with Crippen molar-refractivity contribution < 1.29 is 9.90 Å². The lowest BCUT2D eigenvalue weighted by Crippen LogP contribution is -1.99. The van der Waals surface area contributed by atoms with E-state index in [9.17, 15) is 4.79 Å². The number of hydrogen-bond acceptors (Lipinski definition) is 3. The molecule has 0 saturated carbocycles. The summed E-state index contributed by atoms with van der Waals surface area (Å²) in [6, 6.07) is 3.76. The fourth-order valence-corrected chi connectivity index (χ4v) is 2.46. The standard InChI is InChI=1S/C11H12BrNO2S/c1-2-8(11(14)15)5-7-16-10-9(12)4-3-6-13-10/h3-6H,2,7H2,1H3,(H,14,15). The van der Waals surface area contributed by atoms with Gasteiger partial charge in [-0.25, -0.2) is 9.78 Å². The summed E-state index contributed by atoms with van der Waals surface area (Å²) < 4.78 is 0.932. The summed E-state index contributed by atoms with van der Waals surface area (Å²) in [6.45, 7) is 1.83. The summed E-state index contributed by atoms with van der Waals surface area (Å²) in [7, 11) is 0. The van der Waals surface area contributed by atoms with Crippen molar-refractivity contribution in [1.29, 1.82) is 0 Å². The second-order valence-electron chi connectivity index (χ2n) is 2.99. The van der Waals surface area contributed by atoms with Gasteiger partial charge in [0.15, 0.2) is 0 Å². The van der Waals surface area contributed by atoms with E-state index < -0.39 is 5.97 Å². The quantitative estimate of drug-likeness (QED) is 0.669. The largest absolute Gasteiger partial charge is 0.478 e. The first-order valence-corrected chi connectivity index (χ1v) is 6.58. The average molecular weight is 302 g/mol. The average Bonchev–Trinajstić information content (AvgIpc) is 2.26. The topological polar surface area (TPSA) is 50.2 Å². The van der Waals surface area contributed by atoms with Gasteiger partial charge in [0.05, 0.1) is 0 Å². The van der Waals surface area contributed by atoms with Crippen LogP contribution >= 0.6 is 27.7 Å². The Morgan fingerprint density at radius 2 is 2.44 bits per heavy atom. The van der Waals surface area contributed by atoms with Crippen LogP contribution in [-0.2, 0) is 4.79 Å². The maximum atomic E-state index is 10.7. The molecule has 1 aromatic heterocycles. The van der Waals surface area contributed by atoms with E-state index in [-0.39, 0.29) is 0 Å². The van der Waals surface area contributed by atoms with Crippen molar-refractivity contribution in [3.05, 3.63) is 34.5 Å². The number of halogens is 1. The van der Waals surface area contributed by atoms with Gasteiger partial charge >= 0.3 is 5.97 Å². The molecule has 0 spiro atoms. The first-order chi connectivity index (χ1) is 7.65. The molecule has 1 heterocycles. The Morgan fingerprint density at radius 3 is 3.00 bits per heavy atom. The minimum Gasteiger partial charge on any atom is -0.478 e. The molecule has 0 bridgehead atoms. The van der Waals surface area contributed by atoms with Crippen molar-refractivity contribution in [1.82, 2.24) is 4.98 Å². The number of carboxylic acid groups (broad SMARTS) is 1. The molecule has 0 aliphatic carbocycles. The summed E-state index contributed by atoms with van der Waals surface area (Å²) >= 11 is 4.90. The maximum Gasteiger partial charge on any atom is 0.331 e. The third kappa shape index (κ3) is 3.98. The first-order valence-electron chi connectivity index (χ1n) is 4.80. The summed E-state index contributed by atoms with van der Waals surface area (Å²) in [4.78, 5) is 14.9. The minimum absolute atomic E-state index is 0.444. The van der Waals surface area contributed by atoms with E-state index in [0.717, 1.165) is 9.50 Å². The third-order valence-corrected chi connectivity index (χ3v) is 3.76. The van der Waals surface area contributed by atoms with Crippen LogP contribution in [0.2, 0.25) is 0 Å². The highest BCUT2D eigenvalue weighted by Gasteiger charge is 2.04. The van der Waals surface area contributed by atoms with Gasteiger partial charge in [0.1, 0.15) is 5.03 Å². The van der Waals surface area contributed by atoms with E-state index in [1.54, 1.807) is 12.3 Å². The van der Waals surface area contributed by atoms with Gasteiger partial charge < -0.3 is 5.11 Å². The van der Waals surface area contributed by atoms with Crippen LogP contribution in [0.3, 0.4) is 0 Å². The second-order valence-corrected chi connectivity index (χ2v) is 4.85. The maximum absolute atomic E-state index is 10.7. The van der Waals surface area contributed by atoms with E-state index in [0.29, 0.717) is 17.7 Å². The normalized spacial score (nSPS) is 11.5. The van der Waals surface area contributed by atoms with Crippen LogP contribution < -0.4 is 0 Å². The smallest absolute Gasteiger partial charge is 0.331 e. The van der Waals surface area contributed by atoms with Gasteiger partial charge in [0.2, 0.25) is 0 Å². The highest BCUT2D eigenvalue weighted by Crippen LogP contribution is 2.24. The molecule has 1 aromatic rings. The molecule has 0 aliphatic heterocycles. The second kappa shape index (κ2) is 6.70. The van der Waals surface area contributed by atoms with Gasteiger partial charge in [-0.1, -0.05) is 13.0 Å². The molecule has 1 N–H and O–H groups in total. The summed E-state index contributed by atoms with van der Waals surface area (Å²) in [5, 5.41) is 9.70. The monoisotopic (exact) mass is 301 g/mol. The highest BCUT2D eigenvalue weighted by atomic mass is 79.9. The number of hydrogen-bond donors (Lipinski definition) is 1. The van der Waals surface area contributed by atoms with Crippen LogP contribution in [0.25, 0.3) is 0 Å². The van der Waals surface area contributed by atoms with E-state index in [1.807, 2.05) is 19.1 Å². The highest BCUT2D eigenvalue weighted by molar-refractivity contribution is 9.10. The van der Waals surface area contributed by atoms with Crippen molar-refractivity contribution >= 4 is 33.7 Å². The zero-order valence-electron chi connectivity index (χ0n) is 8.81. The fourth-order valence-electron chi connectivity index (χ4n) is 1.08. The van der Waals surface area contributed by atoms with E-state index >= 15 is 0 Å². The van der Waals surface area contributed by atoms with Crippen LogP contribution in [0.1, 0.15) is 13.3 Å². The predicted octanol–water partition coefficient (Wildman–Crippen LogP) is 3.36. The van der Waals surface area contributed by atoms with Crippen molar-refractivity contribution in [3.8, 4) is 0 Å². The number of carbonyl (C=O) groups is 1. The molecular weight excluding hydrogens is 290 g/mol. The number of aliphatic carboxylic acids is 1. The molecule has 0 atom stereocenters. The van der Waals surface area contributed by atoms with Gasteiger partial charge in [0, 0.05) is 22.0 Å². The van der Waals surface area contributed by atoms with Crippen LogP contribution in [0.5, 0.6) is 0 Å². The lowest BCUT2D eigenvalue weighted by atomic mass is 10.2. The lowest BCUT2D eigenvalue weighted by molar-refractivity contribution is -0.132. The number of aromatic nitrogens is 1. The van der Waals surface area contributed by atoms with Crippen LogP contribution in [0, 0.1) is 0 Å². The van der Waals surface area contributed by atoms with Gasteiger partial charge in [-0.2, -0.15) is 0 Å². The molecule has 0 aromatic carbocycles. The molecule has 0 unspecified atom stereocenters. The Morgan fingerprint density at radius 1 is 1.69 bits per heavy atom. The molecule has 5 heteroatoms. The molecule has 0 aliphatic rings. The Bertz CT molecular complexity index is 407. The van der Waals surface area contributed by atoms with E-state index in [1.165, 1.54) is 11.8 Å². The molecule has 1 rings (SSSR count). The van der Waals surface area contributed by atoms with E-state index in [2.05, 4.69) is 20.9 Å². The Hall–Kier alpha value is -0.810. The van der Waals surface area contributed by atoms with Gasteiger partial charge in [-0.05, 0) is 34.5 Å². The molecule has 0 radical (unpaired) electrons. The minimum atomic E-state index is -0.844. The van der Waals surface area contributed by atoms with Crippen molar-refractivity contribution in [2.24, 2.45) is 0 Å². The SMILES string of the molecule is CCC(=CCSc1ncccc1Br)C(=O)O. The van der Waals surface area contributed by atoms with Crippen molar-refractivity contribution in [3.63, 3.8) is 0 Å². The zero-order chi connectivity index (χ0) is 12.0. The van der Waals surface area contributed by atoms with Crippen molar-refractivity contribution in [2.45, 2.75) is 18.4 Å². The van der Waals surface area contributed by atoms with Crippen LogP contribution in [0.4, 0.5) is 0 Å². The lowest BCUT2D eigenvalue weighted by Gasteiger charge is -2.01. The van der Waals surface area contributed by atoms with E-state index in [4.69, 9.17) is 5.11 Å². The Kier molecular flexibility index (Phi) is 5.55. The molecule has 16 heavy (non-hydrogen) atoms. The third-order valence-electron chi connectivity index (χ3n) is 1.93.